The molecule has 0 radical (unpaired) electrons. The molecule has 0 saturated heterocycles. The lowest BCUT2D eigenvalue weighted by Crippen LogP contribution is -2.14. The molecule has 0 bridgehead atoms. The molecule has 0 atom stereocenters. The van der Waals surface area contributed by atoms with Gasteiger partial charge in [-0.25, -0.2) is 9.67 Å². The molecule has 0 fully saturated rings. The molecule has 7 heteroatoms. The summed E-state index contributed by atoms with van der Waals surface area (Å²) in [7, 11) is 1.61. The molecule has 1 heterocycles. The van der Waals surface area contributed by atoms with Crippen molar-refractivity contribution in [2.24, 2.45) is 0 Å². The molecular weight excluding hydrogens is 412 g/mol. The molecule has 1 aromatic heterocycles. The molecule has 0 aliphatic carbocycles. The maximum atomic E-state index is 12.9. The summed E-state index contributed by atoms with van der Waals surface area (Å²) < 4.78 is 6.89. The first-order valence-corrected chi connectivity index (χ1v) is 10.1. The van der Waals surface area contributed by atoms with Crippen molar-refractivity contribution in [2.75, 3.05) is 12.4 Å². The van der Waals surface area contributed by atoms with Crippen molar-refractivity contribution in [3.63, 3.8) is 0 Å². The third-order valence-electron chi connectivity index (χ3n) is 4.87. The van der Waals surface area contributed by atoms with Gasteiger partial charge in [0, 0.05) is 16.3 Å². The summed E-state index contributed by atoms with van der Waals surface area (Å²) in [5.41, 5.74) is 4.27. The van der Waals surface area contributed by atoms with E-state index in [1.165, 1.54) is 0 Å². The minimum atomic E-state index is -0.416. The summed E-state index contributed by atoms with van der Waals surface area (Å²) >= 11 is 6.17. The van der Waals surface area contributed by atoms with Crippen LogP contribution in [0.1, 0.15) is 21.7 Å². The Morgan fingerprint density at radius 3 is 2.35 bits per heavy atom. The highest BCUT2D eigenvalue weighted by Gasteiger charge is 2.19. The van der Waals surface area contributed by atoms with Crippen LogP contribution in [0.3, 0.4) is 0 Å². The van der Waals surface area contributed by atoms with Crippen molar-refractivity contribution < 1.29 is 9.53 Å². The molecule has 3 aromatic carbocycles. The van der Waals surface area contributed by atoms with Gasteiger partial charge in [0.2, 0.25) is 5.82 Å². The van der Waals surface area contributed by atoms with Crippen LogP contribution in [0, 0.1) is 13.8 Å². The topological polar surface area (TPSA) is 69.0 Å². The Hall–Kier alpha value is -3.64. The molecule has 4 rings (SSSR count). The molecule has 156 valence electrons. The van der Waals surface area contributed by atoms with Crippen molar-refractivity contribution >= 4 is 23.2 Å². The van der Waals surface area contributed by atoms with Gasteiger partial charge in [0.25, 0.3) is 5.91 Å². The number of methoxy groups -OCH3 is 1. The number of aryl methyl sites for hydroxylation is 2. The molecule has 0 aliphatic rings. The highest BCUT2D eigenvalue weighted by molar-refractivity contribution is 6.31. The number of nitrogens with zero attached hydrogens (tertiary/aromatic N) is 3. The molecule has 6 nitrogen and oxygen atoms in total. The average Bonchev–Trinajstić information content (AvgIpc) is 3.22. The predicted octanol–water partition coefficient (Wildman–Crippen LogP) is 5.47. The fourth-order valence-corrected chi connectivity index (χ4v) is 3.24. The molecule has 4 aromatic rings. The largest absolute Gasteiger partial charge is 0.497 e. The zero-order chi connectivity index (χ0) is 22.0. The van der Waals surface area contributed by atoms with E-state index in [2.05, 4.69) is 15.4 Å². The molecule has 0 spiro atoms. The van der Waals surface area contributed by atoms with Crippen LogP contribution in [0.4, 0.5) is 5.69 Å². The van der Waals surface area contributed by atoms with Crippen molar-refractivity contribution in [1.82, 2.24) is 14.8 Å². The number of rotatable bonds is 5. The van der Waals surface area contributed by atoms with Gasteiger partial charge in [-0.05, 0) is 55.8 Å². The van der Waals surface area contributed by atoms with Gasteiger partial charge in [-0.1, -0.05) is 47.5 Å². The van der Waals surface area contributed by atoms with Gasteiger partial charge in [0.1, 0.15) is 5.75 Å². The first-order chi connectivity index (χ1) is 14.9. The van der Waals surface area contributed by atoms with Crippen LogP contribution in [0.2, 0.25) is 5.02 Å². The molecule has 0 saturated carbocycles. The van der Waals surface area contributed by atoms with Gasteiger partial charge in [-0.2, -0.15) is 0 Å². The molecule has 1 amide bonds. The van der Waals surface area contributed by atoms with E-state index in [0.717, 1.165) is 28.1 Å². The first kappa shape index (κ1) is 20.6. The zero-order valence-electron chi connectivity index (χ0n) is 17.4. The van der Waals surface area contributed by atoms with Crippen LogP contribution >= 0.6 is 11.6 Å². The Morgan fingerprint density at radius 2 is 1.71 bits per heavy atom. The van der Waals surface area contributed by atoms with E-state index in [1.54, 1.807) is 23.9 Å². The SMILES string of the molecule is COc1ccc(-n2nc(C(=O)Nc3ccc(C)c(Cl)c3)nc2-c2ccc(C)cc2)cc1. The lowest BCUT2D eigenvalue weighted by Gasteiger charge is -2.07. The summed E-state index contributed by atoms with van der Waals surface area (Å²) in [6.07, 6.45) is 0. The zero-order valence-corrected chi connectivity index (χ0v) is 18.1. The van der Waals surface area contributed by atoms with Crippen molar-refractivity contribution in [1.29, 1.82) is 0 Å². The summed E-state index contributed by atoms with van der Waals surface area (Å²) in [5, 5.41) is 7.88. The Kier molecular flexibility index (Phi) is 5.73. The Balaban J connectivity index is 1.73. The van der Waals surface area contributed by atoms with Gasteiger partial charge < -0.3 is 10.1 Å². The van der Waals surface area contributed by atoms with Gasteiger partial charge in [0.15, 0.2) is 5.82 Å². The lowest BCUT2D eigenvalue weighted by atomic mass is 10.1. The first-order valence-electron chi connectivity index (χ1n) is 9.70. The average molecular weight is 433 g/mol. The van der Waals surface area contributed by atoms with E-state index >= 15 is 0 Å². The fraction of sp³-hybridized carbons (Fsp3) is 0.125. The Bertz CT molecular complexity index is 1230. The molecule has 1 N–H and O–H groups in total. The summed E-state index contributed by atoms with van der Waals surface area (Å²) in [6.45, 7) is 3.92. The van der Waals surface area contributed by atoms with Crippen molar-refractivity contribution in [2.45, 2.75) is 13.8 Å². The summed E-state index contributed by atoms with van der Waals surface area (Å²) in [5.74, 6) is 0.941. The normalized spacial score (nSPS) is 10.7. The molecule has 0 unspecified atom stereocenters. The van der Waals surface area contributed by atoms with E-state index in [4.69, 9.17) is 16.3 Å². The van der Waals surface area contributed by atoms with E-state index in [-0.39, 0.29) is 5.82 Å². The van der Waals surface area contributed by atoms with Gasteiger partial charge >= 0.3 is 0 Å². The van der Waals surface area contributed by atoms with Gasteiger partial charge in [-0.3, -0.25) is 4.79 Å². The van der Waals surface area contributed by atoms with Crippen LogP contribution in [0.5, 0.6) is 5.75 Å². The highest BCUT2D eigenvalue weighted by Crippen LogP contribution is 2.24. The number of carbonyl (C=O) groups excluding carboxylic acids is 1. The monoisotopic (exact) mass is 432 g/mol. The maximum absolute atomic E-state index is 12.9. The van der Waals surface area contributed by atoms with E-state index < -0.39 is 5.91 Å². The van der Waals surface area contributed by atoms with Gasteiger partial charge in [-0.15, -0.1) is 5.10 Å². The number of nitrogens with one attached hydrogen (secondary N) is 1. The van der Waals surface area contributed by atoms with E-state index in [0.29, 0.717) is 16.5 Å². The molecular formula is C24H21ClN4O2. The lowest BCUT2D eigenvalue weighted by molar-refractivity contribution is 0.101. The molecule has 31 heavy (non-hydrogen) atoms. The second-order valence-electron chi connectivity index (χ2n) is 7.15. The number of aromatic nitrogens is 3. The van der Waals surface area contributed by atoms with Gasteiger partial charge in [0.05, 0.1) is 12.8 Å². The molecule has 0 aliphatic heterocycles. The standard InChI is InChI=1S/C24H21ClN4O2/c1-15-4-7-17(8-5-15)23-27-22(24(30)26-18-9-6-16(2)21(25)14-18)28-29(23)19-10-12-20(31-3)13-11-19/h4-14H,1-3H3,(H,26,30). The second-order valence-corrected chi connectivity index (χ2v) is 7.56. The number of benzene rings is 3. The Morgan fingerprint density at radius 1 is 1.00 bits per heavy atom. The minimum absolute atomic E-state index is 0.0584. The maximum Gasteiger partial charge on any atom is 0.295 e. The Labute approximate surface area is 185 Å². The number of amides is 1. The van der Waals surface area contributed by atoms with E-state index in [9.17, 15) is 4.79 Å². The number of hydrogen-bond acceptors (Lipinski definition) is 4. The van der Waals surface area contributed by atoms with Crippen molar-refractivity contribution in [3.8, 4) is 22.8 Å². The number of ether oxygens (including phenoxy) is 1. The van der Waals surface area contributed by atoms with Crippen LogP contribution < -0.4 is 10.1 Å². The predicted molar refractivity (Wildman–Crippen MR) is 122 cm³/mol. The van der Waals surface area contributed by atoms with E-state index in [1.807, 2.05) is 68.4 Å². The summed E-state index contributed by atoms with van der Waals surface area (Å²) in [6, 6.07) is 20.7. The third-order valence-corrected chi connectivity index (χ3v) is 5.27. The highest BCUT2D eigenvalue weighted by atomic mass is 35.5. The number of anilines is 1. The quantitative estimate of drug-likeness (QED) is 0.454. The number of hydrogen-bond donors (Lipinski definition) is 1. The smallest absolute Gasteiger partial charge is 0.295 e. The number of carbonyl (C=O) groups is 1. The number of halogens is 1. The van der Waals surface area contributed by atoms with Crippen molar-refractivity contribution in [3.05, 3.63) is 88.7 Å². The van der Waals surface area contributed by atoms with Crippen LogP contribution in [0.25, 0.3) is 17.1 Å². The van der Waals surface area contributed by atoms with Crippen LogP contribution in [-0.2, 0) is 0 Å². The summed E-state index contributed by atoms with van der Waals surface area (Å²) in [4.78, 5) is 17.4. The second kappa shape index (κ2) is 8.62. The third kappa shape index (κ3) is 4.44. The van der Waals surface area contributed by atoms with Crippen LogP contribution in [0.15, 0.2) is 66.7 Å². The fourth-order valence-electron chi connectivity index (χ4n) is 3.06. The van der Waals surface area contributed by atoms with Crippen LogP contribution in [-0.4, -0.2) is 27.8 Å². The minimum Gasteiger partial charge on any atom is -0.497 e.